The van der Waals surface area contributed by atoms with Crippen molar-refractivity contribution in [3.63, 3.8) is 0 Å². The molecule has 0 unspecified atom stereocenters. The van der Waals surface area contributed by atoms with Crippen molar-refractivity contribution < 1.29 is 78.1 Å². The largest absolute Gasteiger partial charge is 2.00 e. The Bertz CT molecular complexity index is 4010. The monoisotopic (exact) mass is 2060 g/mol. The summed E-state index contributed by atoms with van der Waals surface area (Å²) in [7, 11) is -3.88. The average Bonchev–Trinajstić information content (AvgIpc) is 1.79. The predicted octanol–water partition coefficient (Wildman–Crippen LogP) is 17.5. The van der Waals surface area contributed by atoms with E-state index in [-0.39, 0.29) is 125 Å². The van der Waals surface area contributed by atoms with E-state index in [1.165, 1.54) is 62.9 Å². The molecule has 0 aromatic heterocycles. The van der Waals surface area contributed by atoms with E-state index in [1.54, 1.807) is 57.2 Å². The van der Waals surface area contributed by atoms with Gasteiger partial charge in [-0.2, -0.15) is 6.42 Å². The molecule has 5 amide bonds. The number of amides is 5. The first-order valence-corrected chi connectivity index (χ1v) is 60.5. The van der Waals surface area contributed by atoms with E-state index in [4.69, 9.17) is 66.3 Å². The van der Waals surface area contributed by atoms with Gasteiger partial charge in [0.15, 0.2) is 5.78 Å². The number of benzene rings is 4. The number of nitrogens with two attached hydrogens (primary N) is 1. The molecule has 6 aliphatic heterocycles. The molecule has 0 radical (unpaired) electrons. The number of carbonyl (C=O) groups is 6. The molecule has 6 fully saturated rings. The van der Waals surface area contributed by atoms with Gasteiger partial charge in [0.25, 0.3) is 0 Å². The second-order valence-electron chi connectivity index (χ2n) is 40.0. The summed E-state index contributed by atoms with van der Waals surface area (Å²) < 4.78 is 22.2. The molecule has 0 aliphatic carbocycles. The van der Waals surface area contributed by atoms with E-state index >= 15 is 0 Å². The van der Waals surface area contributed by atoms with Crippen LogP contribution in [-0.2, 0) is 40.6 Å². The number of halogens is 6. The SMILES string of the molecule is CC(=O)NCCC[C@@](O)(c1cccc(Cl)c1)[C@@H]1CCCN(C(=O)OC(C)(C)C)C1.CC(=O)NCCC[C@@](O)(c1cccc(Cl)c1)[C@@H]1CCCNC1.CC(C)(C)OC(=O)N1CCC[C@@H](C(=O)c2cccc(Cl)c2)C1.CC(C)(C)OC(=O)N1CCC[C@@H]([C@@](O)(CCCN)c2cccc(Cl)c2)C1.C[Si]1(C)CC[Si](C)(C)N1CCCBr.[Br-].[CH2-]CCN1[Si](C)(C)CC[Si]1(C)C.[H-].[H-].[Mg+2].[Mg+2]. The number of nitrogens with zero attached hydrogens (tertiary/aromatic N) is 5. The van der Waals surface area contributed by atoms with Crippen LogP contribution in [0.2, 0.25) is 96.6 Å². The molecule has 712 valence electrons. The van der Waals surface area contributed by atoms with E-state index in [9.17, 15) is 44.1 Å². The Hall–Kier alpha value is -2.46. The molecule has 127 heavy (non-hydrogen) atoms. The molecule has 6 heterocycles. The maximum atomic E-state index is 12.6. The number of hydrogen-bond acceptors (Lipinski definition) is 16. The molecule has 7 atom stereocenters. The van der Waals surface area contributed by atoms with Crippen molar-refractivity contribution in [3.8, 4) is 0 Å². The maximum absolute atomic E-state index is 12.6. The van der Waals surface area contributed by atoms with Gasteiger partial charge in [-0.15, -0.1) is 0 Å². The fourth-order valence-electron chi connectivity index (χ4n) is 18.2. The Balaban J connectivity index is 0.00000154. The Morgan fingerprint density at radius 2 is 0.843 bits per heavy atom. The topological polar surface area (TPSA) is 269 Å². The first-order chi connectivity index (χ1) is 57.7. The number of hydrogen-bond donors (Lipinski definition) is 7. The van der Waals surface area contributed by atoms with Crippen LogP contribution >= 0.6 is 62.3 Å². The third-order valence-corrected chi connectivity index (χ3v) is 46.9. The molecule has 8 N–H and O–H groups in total. The summed E-state index contributed by atoms with van der Waals surface area (Å²) in [6, 6.07) is 35.2. The number of ether oxygens (including phenoxy) is 3. The van der Waals surface area contributed by atoms with Crippen LogP contribution in [0.25, 0.3) is 0 Å². The van der Waals surface area contributed by atoms with Crippen LogP contribution in [0.4, 0.5) is 14.4 Å². The molecule has 4 aromatic carbocycles. The first kappa shape index (κ1) is 121. The van der Waals surface area contributed by atoms with Gasteiger partial charge in [-0.1, -0.05) is 163 Å². The molecule has 0 spiro atoms. The molecule has 4 aromatic rings. The number of likely N-dealkylation sites (tertiary alicyclic amines) is 3. The van der Waals surface area contributed by atoms with Crippen molar-refractivity contribution in [3.05, 3.63) is 146 Å². The molecule has 6 saturated heterocycles. The van der Waals surface area contributed by atoms with Crippen LogP contribution < -0.4 is 38.7 Å². The summed E-state index contributed by atoms with van der Waals surface area (Å²) in [4.78, 5) is 76.9. The average molecular weight is 2070 g/mol. The molecular formula is C94H157Br2Cl4Mg2N9O12Si4. The van der Waals surface area contributed by atoms with Gasteiger partial charge in [-0.3, -0.25) is 14.4 Å². The Morgan fingerprint density at radius 1 is 0.504 bits per heavy atom. The Labute approximate surface area is 842 Å². The Morgan fingerprint density at radius 3 is 1.17 bits per heavy atom. The second-order valence-corrected chi connectivity index (χ2v) is 62.1. The minimum atomic E-state index is -1.15. The number of rotatable bonds is 24. The zero-order chi connectivity index (χ0) is 92.9. The molecule has 21 nitrogen and oxygen atoms in total. The van der Waals surface area contributed by atoms with Gasteiger partial charge in [-0.05, 0) is 274 Å². The molecule has 0 saturated carbocycles. The number of carbonyl (C=O) groups excluding carboxylic acids is 6. The van der Waals surface area contributed by atoms with Crippen molar-refractivity contribution >= 4 is 177 Å². The normalized spacial score (nSPS) is 20.9. The molecule has 33 heteroatoms. The van der Waals surface area contributed by atoms with Gasteiger partial charge in [0.1, 0.15) is 49.7 Å². The zero-order valence-corrected chi connectivity index (χ0v) is 93.3. The molecular weight excluding hydrogens is 1910 g/mol. The zero-order valence-electron chi connectivity index (χ0n) is 82.3. The van der Waals surface area contributed by atoms with E-state index in [2.05, 4.69) is 99.6 Å². The van der Waals surface area contributed by atoms with E-state index in [0.29, 0.717) is 117 Å². The summed E-state index contributed by atoms with van der Waals surface area (Å²) >= 11 is 27.9. The molecule has 0 bridgehead atoms. The summed E-state index contributed by atoms with van der Waals surface area (Å²) in [6.07, 6.45) is 12.0. The van der Waals surface area contributed by atoms with Crippen LogP contribution in [0, 0.1) is 30.6 Å². The third-order valence-electron chi connectivity index (χ3n) is 24.5. The van der Waals surface area contributed by atoms with Gasteiger partial charge in [0, 0.05) is 127 Å². The first-order valence-electron chi connectivity index (χ1n) is 45.2. The number of ketones is 1. The number of aliphatic hydroxyl groups is 3. The van der Waals surface area contributed by atoms with Crippen molar-refractivity contribution in [1.82, 2.24) is 39.1 Å². The number of piperidine rings is 4. The summed E-state index contributed by atoms with van der Waals surface area (Å²) in [5.74, 6) is -0.364. The van der Waals surface area contributed by atoms with Gasteiger partial charge in [-0.25, -0.2) is 14.4 Å². The van der Waals surface area contributed by atoms with Crippen molar-refractivity contribution in [1.29, 1.82) is 0 Å². The maximum Gasteiger partial charge on any atom is 2.00 e. The van der Waals surface area contributed by atoms with E-state index in [1.807, 2.05) is 117 Å². The summed E-state index contributed by atoms with van der Waals surface area (Å²) in [5.41, 5.74) is 3.95. The second kappa shape index (κ2) is 55.7. The van der Waals surface area contributed by atoms with Crippen LogP contribution in [0.3, 0.4) is 0 Å². The fraction of sp³-hybridized carbons (Fsp3) is 0.670. The van der Waals surface area contributed by atoms with Crippen LogP contribution in [0.1, 0.15) is 209 Å². The standard InChI is InChI=1S/C22H33ClN2O4.C20H31ClN2O3.C17H25ClN2O2.C17H22ClNO3.C9H22BrNSi2.C9H22NSi2.BrH.2Mg.2H/c1-16(26)24-12-7-11-22(28,17-8-5-10-19(23)14-17)18-9-6-13-25(15-18)20(27)29-21(2,3)4;1-19(2,3)26-18(24)23-12-5-8-16(14-23)20(25,10-6-11-22)15-7-4-9-17(21)13-15;1-13(21)20-10-4-8-17(22,15-6-3-9-19-12-15)14-5-2-7-16(18)11-14;1-17(2,3)22-16(21)19-9-5-7-13(11-19)15(20)12-6-4-8-14(18)10-12;1-12(2)8-9-13(3,4)11(12)7-5-6-10;1-6-7-10-11(2,3)8-9-12(10,4)5;;;;;/h5,8,10,14,18,28H,6-7,9,11-13,15H2,1-4H3,(H,24,26);4,7,9,13,16,25H,5-6,8,10-12,14,22H2,1-3H3;2,5,7,11,15,19,22H,3-4,6,8-10,12H2,1H3,(H,20,21);4,6,8,10,13H,5,7,9,11H2,1-3H3;5-9H2,1-4H3;1,6-9H2,2-5H3;1H;;;;/q;;;;;-1;;2*+2;2*-1/p-1/t18-,22-;16-,20-;15-,17-;13-;;;;;;;/m1111......./s1. The van der Waals surface area contributed by atoms with Crippen LogP contribution in [0.15, 0.2) is 97.1 Å². The quantitative estimate of drug-likeness (QED) is 0.00858. The third kappa shape index (κ3) is 40.4. The number of alkyl halides is 1. The van der Waals surface area contributed by atoms with E-state index in [0.717, 1.165) is 94.0 Å². The van der Waals surface area contributed by atoms with Crippen LogP contribution in [-0.4, -0.2) is 261 Å². The minimum Gasteiger partial charge on any atom is -1.00 e. The fourth-order valence-corrected chi connectivity index (χ4v) is 47.6. The van der Waals surface area contributed by atoms with E-state index < -0.39 is 66.5 Å². The predicted molar refractivity (Wildman–Crippen MR) is 538 cm³/mol. The van der Waals surface area contributed by atoms with Gasteiger partial charge in [0.05, 0.1) is 16.8 Å². The van der Waals surface area contributed by atoms with Gasteiger partial charge >= 0.3 is 64.4 Å². The molecule has 10 rings (SSSR count). The van der Waals surface area contributed by atoms with Crippen molar-refractivity contribution in [2.75, 3.05) is 90.4 Å². The minimum absolute atomic E-state index is 0. The molecule has 6 aliphatic rings. The van der Waals surface area contributed by atoms with Crippen molar-refractivity contribution in [2.24, 2.45) is 29.4 Å². The van der Waals surface area contributed by atoms with Crippen LogP contribution in [0.5, 0.6) is 0 Å². The number of Topliss-reactive ketones (excluding diaryl/α,β-unsaturated/α-hetero) is 1. The smallest absolute Gasteiger partial charge is 1.00 e. The van der Waals surface area contributed by atoms with Crippen molar-refractivity contribution in [2.45, 2.75) is 289 Å². The number of nitrogens with one attached hydrogen (secondary N) is 3. The summed E-state index contributed by atoms with van der Waals surface area (Å²) in [6.45, 7) is 53.0. The Kier molecular flexibility index (Phi) is 52.9. The summed E-state index contributed by atoms with van der Waals surface area (Å²) in [5, 5.41) is 47.2. The van der Waals surface area contributed by atoms with Gasteiger partial charge < -0.3 is 101 Å². The van der Waals surface area contributed by atoms with Gasteiger partial charge in [0.2, 0.25) is 11.8 Å².